The summed E-state index contributed by atoms with van der Waals surface area (Å²) in [7, 11) is 0. The number of anilines is 1. The Balaban J connectivity index is 1.60. The molecule has 2 aliphatic rings. The van der Waals surface area contributed by atoms with Gasteiger partial charge < -0.3 is 5.32 Å². The van der Waals surface area contributed by atoms with Crippen LogP contribution in [0, 0.1) is 17.8 Å². The first-order valence-corrected chi connectivity index (χ1v) is 10.9. The molecule has 1 amide bonds. The minimum atomic E-state index is 0.0156. The second kappa shape index (κ2) is 7.51. The van der Waals surface area contributed by atoms with Gasteiger partial charge in [0.1, 0.15) is 0 Å². The lowest BCUT2D eigenvalue weighted by Gasteiger charge is -2.31. The minimum Gasteiger partial charge on any atom is -0.325 e. The van der Waals surface area contributed by atoms with Crippen molar-refractivity contribution in [2.45, 2.75) is 37.0 Å². The molecule has 4 atom stereocenters. The molecule has 4 rings (SSSR count). The Morgan fingerprint density at radius 3 is 2.41 bits per heavy atom. The van der Waals surface area contributed by atoms with E-state index in [1.165, 1.54) is 12.0 Å². The number of carbonyl (C=O) groups is 2. The maximum Gasteiger partial charge on any atom is 0.228 e. The highest BCUT2D eigenvalue weighted by atomic mass is 32.2. The highest BCUT2D eigenvalue weighted by Gasteiger charge is 2.51. The molecule has 2 fully saturated rings. The first-order chi connectivity index (χ1) is 13.1. The quantitative estimate of drug-likeness (QED) is 0.560. The minimum absolute atomic E-state index is 0.0156. The summed E-state index contributed by atoms with van der Waals surface area (Å²) in [4.78, 5) is 25.9. The summed E-state index contributed by atoms with van der Waals surface area (Å²) < 4.78 is 0. The highest BCUT2D eigenvalue weighted by Crippen LogP contribution is 2.57. The van der Waals surface area contributed by atoms with E-state index in [1.54, 1.807) is 18.7 Å². The summed E-state index contributed by atoms with van der Waals surface area (Å²) in [6.45, 7) is 1.59. The molecule has 4 heteroatoms. The number of carbonyl (C=O) groups excluding carboxylic acids is 2. The van der Waals surface area contributed by atoms with Gasteiger partial charge in [0.25, 0.3) is 0 Å². The number of benzene rings is 2. The van der Waals surface area contributed by atoms with Crippen LogP contribution < -0.4 is 5.32 Å². The third-order valence-corrected chi connectivity index (χ3v) is 7.08. The summed E-state index contributed by atoms with van der Waals surface area (Å²) in [5.41, 5.74) is 2.84. The van der Waals surface area contributed by atoms with Crippen molar-refractivity contribution >= 4 is 29.1 Å². The molecular formula is C23H25NO2S. The second-order valence-corrected chi connectivity index (χ2v) is 8.60. The maximum absolute atomic E-state index is 13.3. The molecule has 0 saturated heterocycles. The Hall–Kier alpha value is -2.07. The molecule has 2 saturated carbocycles. The third-order valence-electron chi connectivity index (χ3n) is 6.29. The lowest BCUT2D eigenvalue weighted by Crippen LogP contribution is -2.32. The molecule has 0 radical (unpaired) electrons. The number of hydrogen-bond donors (Lipinski definition) is 1. The van der Waals surface area contributed by atoms with Gasteiger partial charge in [-0.2, -0.15) is 0 Å². The van der Waals surface area contributed by atoms with Gasteiger partial charge in [0.2, 0.25) is 5.91 Å². The van der Waals surface area contributed by atoms with Crippen molar-refractivity contribution < 1.29 is 9.59 Å². The predicted molar refractivity (Wildman–Crippen MR) is 110 cm³/mol. The molecule has 27 heavy (non-hydrogen) atoms. The van der Waals surface area contributed by atoms with Crippen molar-refractivity contribution in [3.8, 4) is 0 Å². The predicted octanol–water partition coefficient (Wildman–Crippen LogP) is 5.38. The van der Waals surface area contributed by atoms with Crippen molar-refractivity contribution in [2.75, 3.05) is 11.6 Å². The Morgan fingerprint density at radius 2 is 1.70 bits per heavy atom. The van der Waals surface area contributed by atoms with E-state index >= 15 is 0 Å². The standard InChI is InChI=1S/C23H25NO2S/c1-14(25)15-7-9-16(10-8-15)21-17-11-12-18(13-17)22(21)23(26)24-19-5-3-4-6-20(19)27-2/h3-10,17-18,21-22H,11-13H2,1-2H3,(H,24,26)/t17-,18+,21-,22+/m1/s1. The van der Waals surface area contributed by atoms with Gasteiger partial charge in [-0.25, -0.2) is 0 Å². The van der Waals surface area contributed by atoms with Gasteiger partial charge >= 0.3 is 0 Å². The van der Waals surface area contributed by atoms with Crippen LogP contribution in [-0.2, 0) is 4.79 Å². The molecule has 2 aromatic rings. The highest BCUT2D eigenvalue weighted by molar-refractivity contribution is 7.98. The van der Waals surface area contributed by atoms with Crippen LogP contribution in [0.5, 0.6) is 0 Å². The number of nitrogens with one attached hydrogen (secondary N) is 1. The zero-order valence-electron chi connectivity index (χ0n) is 15.8. The van der Waals surface area contributed by atoms with E-state index in [2.05, 4.69) is 17.4 Å². The Kier molecular flexibility index (Phi) is 5.09. The van der Waals surface area contributed by atoms with Crippen LogP contribution in [0.2, 0.25) is 0 Å². The molecule has 2 aromatic carbocycles. The van der Waals surface area contributed by atoms with Crippen molar-refractivity contribution in [1.29, 1.82) is 0 Å². The van der Waals surface area contributed by atoms with Crippen LogP contribution in [0.3, 0.4) is 0 Å². The number of Topliss-reactive ketones (excluding diaryl/α,β-unsaturated/α-hetero) is 1. The first-order valence-electron chi connectivity index (χ1n) is 9.63. The van der Waals surface area contributed by atoms with Crippen molar-refractivity contribution in [3.63, 3.8) is 0 Å². The number of amides is 1. The second-order valence-electron chi connectivity index (χ2n) is 7.75. The third kappa shape index (κ3) is 3.43. The largest absolute Gasteiger partial charge is 0.325 e. The topological polar surface area (TPSA) is 46.2 Å². The zero-order valence-corrected chi connectivity index (χ0v) is 16.6. The van der Waals surface area contributed by atoms with Gasteiger partial charge in [0, 0.05) is 16.4 Å². The molecule has 0 aliphatic heterocycles. The van der Waals surface area contributed by atoms with Gasteiger partial charge in [0.15, 0.2) is 5.78 Å². The average Bonchev–Trinajstić information content (AvgIpc) is 3.30. The Labute approximate surface area is 164 Å². The number of para-hydroxylation sites is 1. The van der Waals surface area contributed by atoms with Crippen molar-refractivity contribution in [2.24, 2.45) is 17.8 Å². The molecule has 2 aliphatic carbocycles. The van der Waals surface area contributed by atoms with Crippen LogP contribution >= 0.6 is 11.8 Å². The molecule has 3 nitrogen and oxygen atoms in total. The lowest BCUT2D eigenvalue weighted by molar-refractivity contribution is -0.121. The number of ketones is 1. The fourth-order valence-corrected chi connectivity index (χ4v) is 5.61. The number of rotatable bonds is 5. The average molecular weight is 380 g/mol. The maximum atomic E-state index is 13.3. The van der Waals surface area contributed by atoms with Crippen LogP contribution in [0.1, 0.15) is 48.0 Å². The zero-order chi connectivity index (χ0) is 19.0. The van der Waals surface area contributed by atoms with E-state index in [9.17, 15) is 9.59 Å². The molecule has 2 bridgehead atoms. The van der Waals surface area contributed by atoms with E-state index in [4.69, 9.17) is 0 Å². The molecule has 0 unspecified atom stereocenters. The summed E-state index contributed by atoms with van der Waals surface area (Å²) in [6, 6.07) is 15.9. The Morgan fingerprint density at radius 1 is 1.00 bits per heavy atom. The van der Waals surface area contributed by atoms with Crippen LogP contribution in [0.4, 0.5) is 5.69 Å². The van der Waals surface area contributed by atoms with Gasteiger partial charge in [-0.15, -0.1) is 11.8 Å². The van der Waals surface area contributed by atoms with E-state index in [0.29, 0.717) is 11.8 Å². The van der Waals surface area contributed by atoms with Gasteiger partial charge in [-0.3, -0.25) is 9.59 Å². The molecule has 140 valence electrons. The van der Waals surface area contributed by atoms with Crippen LogP contribution in [-0.4, -0.2) is 17.9 Å². The van der Waals surface area contributed by atoms with Gasteiger partial charge in [-0.1, -0.05) is 36.4 Å². The van der Waals surface area contributed by atoms with E-state index in [0.717, 1.165) is 29.0 Å². The van der Waals surface area contributed by atoms with Gasteiger partial charge in [-0.05, 0) is 67.9 Å². The van der Waals surface area contributed by atoms with E-state index in [1.807, 2.05) is 42.7 Å². The summed E-state index contributed by atoms with van der Waals surface area (Å²) in [5.74, 6) is 1.54. The number of thioether (sulfide) groups is 1. The first kappa shape index (κ1) is 18.3. The Bertz CT molecular complexity index is 861. The molecule has 0 heterocycles. The molecular weight excluding hydrogens is 354 g/mol. The smallest absolute Gasteiger partial charge is 0.228 e. The number of hydrogen-bond acceptors (Lipinski definition) is 3. The number of fused-ring (bicyclic) bond motifs is 2. The fourth-order valence-electron chi connectivity index (χ4n) is 5.05. The lowest BCUT2D eigenvalue weighted by atomic mass is 9.75. The van der Waals surface area contributed by atoms with Crippen molar-refractivity contribution in [1.82, 2.24) is 0 Å². The molecule has 0 aromatic heterocycles. The monoisotopic (exact) mass is 379 g/mol. The molecule has 0 spiro atoms. The van der Waals surface area contributed by atoms with E-state index < -0.39 is 0 Å². The van der Waals surface area contributed by atoms with Crippen LogP contribution in [0.15, 0.2) is 53.4 Å². The SMILES string of the molecule is CSc1ccccc1NC(=O)[C@H]1[C@H]2CC[C@H](C2)[C@H]1c1ccc(C(C)=O)cc1. The molecule has 1 N–H and O–H groups in total. The van der Waals surface area contributed by atoms with Gasteiger partial charge in [0.05, 0.1) is 5.69 Å². The summed E-state index contributed by atoms with van der Waals surface area (Å²) in [5, 5.41) is 3.20. The fraction of sp³-hybridized carbons (Fsp3) is 0.391. The van der Waals surface area contributed by atoms with Crippen LogP contribution in [0.25, 0.3) is 0 Å². The normalized spacial score (nSPS) is 26.1. The summed E-state index contributed by atoms with van der Waals surface area (Å²) >= 11 is 1.65. The van der Waals surface area contributed by atoms with Crippen molar-refractivity contribution in [3.05, 3.63) is 59.7 Å². The van der Waals surface area contributed by atoms with E-state index in [-0.39, 0.29) is 23.5 Å². The summed E-state index contributed by atoms with van der Waals surface area (Å²) in [6.07, 6.45) is 5.52.